The summed E-state index contributed by atoms with van der Waals surface area (Å²) in [6, 6.07) is 7.48. The maximum absolute atomic E-state index is 6.08. The third-order valence-corrected chi connectivity index (χ3v) is 3.34. The molecule has 2 heterocycles. The van der Waals surface area contributed by atoms with Gasteiger partial charge in [-0.3, -0.25) is 0 Å². The zero-order chi connectivity index (χ0) is 11.7. The molecule has 0 atom stereocenters. The van der Waals surface area contributed by atoms with Gasteiger partial charge in [0.1, 0.15) is 6.33 Å². The molecule has 1 aromatic carbocycles. The van der Waals surface area contributed by atoms with Gasteiger partial charge in [-0.05, 0) is 16.5 Å². The number of aromatic nitrogens is 6. The van der Waals surface area contributed by atoms with Gasteiger partial charge in [0.05, 0.1) is 5.02 Å². The van der Waals surface area contributed by atoms with E-state index in [0.29, 0.717) is 10.2 Å². The molecule has 0 radical (unpaired) electrons. The van der Waals surface area contributed by atoms with E-state index in [1.54, 1.807) is 0 Å². The number of tetrazole rings is 1. The van der Waals surface area contributed by atoms with E-state index in [1.165, 1.54) is 22.3 Å². The molecular weight excluding hydrogens is 260 g/mol. The molecule has 84 valence electrons. The lowest BCUT2D eigenvalue weighted by molar-refractivity contribution is 0.774. The maximum atomic E-state index is 6.08. The second-order valence-corrected chi connectivity index (χ2v) is 4.49. The van der Waals surface area contributed by atoms with Crippen molar-refractivity contribution >= 4 is 22.9 Å². The van der Waals surface area contributed by atoms with E-state index in [1.807, 2.05) is 24.3 Å². The lowest BCUT2D eigenvalue weighted by Crippen LogP contribution is -1.93. The minimum Gasteiger partial charge on any atom is -0.171 e. The Morgan fingerprint density at radius 2 is 2.06 bits per heavy atom. The minimum atomic E-state index is 0.602. The van der Waals surface area contributed by atoms with Crippen molar-refractivity contribution in [2.24, 2.45) is 0 Å². The van der Waals surface area contributed by atoms with E-state index in [4.69, 9.17) is 11.6 Å². The second-order valence-electron chi connectivity index (χ2n) is 3.12. The van der Waals surface area contributed by atoms with Crippen molar-refractivity contribution in [2.75, 3.05) is 0 Å². The number of rotatable bonds is 2. The molecule has 17 heavy (non-hydrogen) atoms. The molecule has 0 fully saturated rings. The molecule has 0 aliphatic heterocycles. The summed E-state index contributed by atoms with van der Waals surface area (Å²) in [5.74, 6) is 0. The molecule has 0 unspecified atom stereocenters. The zero-order valence-corrected chi connectivity index (χ0v) is 9.93. The third-order valence-electron chi connectivity index (χ3n) is 2.06. The molecule has 0 spiro atoms. The van der Waals surface area contributed by atoms with Crippen LogP contribution in [0.2, 0.25) is 5.02 Å². The quantitative estimate of drug-likeness (QED) is 0.706. The van der Waals surface area contributed by atoms with Crippen LogP contribution in [-0.4, -0.2) is 30.4 Å². The first-order valence-electron chi connectivity index (χ1n) is 4.66. The van der Waals surface area contributed by atoms with Crippen molar-refractivity contribution in [1.82, 2.24) is 30.4 Å². The summed E-state index contributed by atoms with van der Waals surface area (Å²) in [5.41, 5.74) is 0.853. The smallest absolute Gasteiger partial charge is 0.171 e. The Labute approximate surface area is 105 Å². The van der Waals surface area contributed by atoms with E-state index in [2.05, 4.69) is 25.7 Å². The summed E-state index contributed by atoms with van der Waals surface area (Å²) < 4.78 is 1.46. The Morgan fingerprint density at radius 1 is 1.18 bits per heavy atom. The highest BCUT2D eigenvalue weighted by atomic mass is 35.5. The zero-order valence-electron chi connectivity index (χ0n) is 8.36. The fourth-order valence-electron chi connectivity index (χ4n) is 1.30. The van der Waals surface area contributed by atoms with Gasteiger partial charge < -0.3 is 0 Å². The van der Waals surface area contributed by atoms with Crippen LogP contribution in [0.1, 0.15) is 0 Å². The second kappa shape index (κ2) is 4.19. The number of halogens is 1. The van der Waals surface area contributed by atoms with E-state index >= 15 is 0 Å². The maximum Gasteiger partial charge on any atom is 0.236 e. The van der Waals surface area contributed by atoms with Gasteiger partial charge in [-0.25, -0.2) is 0 Å². The van der Waals surface area contributed by atoms with Crippen LogP contribution in [-0.2, 0) is 0 Å². The van der Waals surface area contributed by atoms with Crippen molar-refractivity contribution in [3.05, 3.63) is 35.6 Å². The molecule has 3 aromatic rings. The van der Waals surface area contributed by atoms with Crippen LogP contribution in [0.4, 0.5) is 0 Å². The van der Waals surface area contributed by atoms with Crippen LogP contribution >= 0.6 is 22.9 Å². The van der Waals surface area contributed by atoms with E-state index < -0.39 is 0 Å². The average molecular weight is 265 g/mol. The fourth-order valence-corrected chi connectivity index (χ4v) is 2.38. The first kappa shape index (κ1) is 10.3. The summed E-state index contributed by atoms with van der Waals surface area (Å²) in [5, 5.41) is 20.9. The Bertz CT molecular complexity index is 634. The fraction of sp³-hybridized carbons (Fsp3) is 0. The molecule has 8 heteroatoms. The lowest BCUT2D eigenvalue weighted by atomic mass is 10.2. The minimum absolute atomic E-state index is 0.602. The molecule has 0 amide bonds. The van der Waals surface area contributed by atoms with Crippen molar-refractivity contribution in [2.45, 2.75) is 0 Å². The van der Waals surface area contributed by atoms with Crippen molar-refractivity contribution in [3.8, 4) is 15.7 Å². The van der Waals surface area contributed by atoms with Gasteiger partial charge in [0.25, 0.3) is 0 Å². The number of benzene rings is 1. The highest BCUT2D eigenvalue weighted by Gasteiger charge is 2.11. The predicted octanol–water partition coefficient (Wildman–Crippen LogP) is 1.83. The molecule has 0 bridgehead atoms. The standard InChI is InChI=1S/C9H5ClN6S/c10-7-4-2-1-3-6(7)8-12-13-9(17-8)16-5-11-14-15-16/h1-5H. The summed E-state index contributed by atoms with van der Waals surface area (Å²) in [6.07, 6.45) is 1.47. The topological polar surface area (TPSA) is 69.4 Å². The molecule has 0 saturated heterocycles. The summed E-state index contributed by atoms with van der Waals surface area (Å²) in [6.45, 7) is 0. The van der Waals surface area contributed by atoms with Gasteiger partial charge in [0.15, 0.2) is 5.01 Å². The molecule has 0 aliphatic carbocycles. The third kappa shape index (κ3) is 1.90. The van der Waals surface area contributed by atoms with Gasteiger partial charge in [0, 0.05) is 5.56 Å². The van der Waals surface area contributed by atoms with E-state index in [-0.39, 0.29) is 0 Å². The Kier molecular flexibility index (Phi) is 2.54. The Balaban J connectivity index is 2.04. The largest absolute Gasteiger partial charge is 0.236 e. The first-order valence-corrected chi connectivity index (χ1v) is 5.86. The van der Waals surface area contributed by atoms with Crippen LogP contribution in [0.3, 0.4) is 0 Å². The predicted molar refractivity (Wildman–Crippen MR) is 63.1 cm³/mol. The summed E-state index contributed by atoms with van der Waals surface area (Å²) in [4.78, 5) is 0. The molecular formula is C9H5ClN6S. The molecule has 0 aliphatic rings. The normalized spacial score (nSPS) is 10.6. The summed E-state index contributed by atoms with van der Waals surface area (Å²) >= 11 is 7.46. The van der Waals surface area contributed by atoms with Crippen LogP contribution in [0.5, 0.6) is 0 Å². The van der Waals surface area contributed by atoms with Crippen LogP contribution in [0.25, 0.3) is 15.7 Å². The van der Waals surface area contributed by atoms with Gasteiger partial charge in [-0.2, -0.15) is 4.68 Å². The van der Waals surface area contributed by atoms with Crippen LogP contribution in [0, 0.1) is 0 Å². The average Bonchev–Trinajstić information content (AvgIpc) is 3.00. The van der Waals surface area contributed by atoms with Gasteiger partial charge in [-0.15, -0.1) is 15.3 Å². The first-order chi connectivity index (χ1) is 8.34. The Hall–Kier alpha value is -1.86. The van der Waals surface area contributed by atoms with Gasteiger partial charge >= 0.3 is 0 Å². The summed E-state index contributed by atoms with van der Waals surface area (Å²) in [7, 11) is 0. The SMILES string of the molecule is Clc1ccccc1-c1nnc(-n2cnnn2)s1. The van der Waals surface area contributed by atoms with E-state index in [0.717, 1.165) is 10.6 Å². The van der Waals surface area contributed by atoms with Gasteiger partial charge in [0.2, 0.25) is 5.13 Å². The van der Waals surface area contributed by atoms with Crippen molar-refractivity contribution < 1.29 is 0 Å². The number of nitrogens with zero attached hydrogens (tertiary/aromatic N) is 6. The Morgan fingerprint density at radius 3 is 2.82 bits per heavy atom. The highest BCUT2D eigenvalue weighted by Crippen LogP contribution is 2.30. The lowest BCUT2D eigenvalue weighted by Gasteiger charge is -1.96. The van der Waals surface area contributed by atoms with Crippen molar-refractivity contribution in [1.29, 1.82) is 0 Å². The van der Waals surface area contributed by atoms with Crippen LogP contribution in [0.15, 0.2) is 30.6 Å². The molecule has 0 N–H and O–H groups in total. The number of hydrogen-bond acceptors (Lipinski definition) is 6. The number of hydrogen-bond donors (Lipinski definition) is 0. The van der Waals surface area contributed by atoms with Gasteiger partial charge in [-0.1, -0.05) is 41.1 Å². The van der Waals surface area contributed by atoms with Crippen LogP contribution < -0.4 is 0 Å². The van der Waals surface area contributed by atoms with E-state index in [9.17, 15) is 0 Å². The molecule has 6 nitrogen and oxygen atoms in total. The molecule has 2 aromatic heterocycles. The molecule has 3 rings (SSSR count). The monoisotopic (exact) mass is 264 g/mol. The van der Waals surface area contributed by atoms with Crippen molar-refractivity contribution in [3.63, 3.8) is 0 Å². The molecule has 0 saturated carbocycles. The highest BCUT2D eigenvalue weighted by molar-refractivity contribution is 7.17.